The number of carbonyl (C=O) groups excluding carboxylic acids is 1. The van der Waals surface area contributed by atoms with E-state index in [1.807, 2.05) is 25.3 Å². The summed E-state index contributed by atoms with van der Waals surface area (Å²) in [6.07, 6.45) is 7.40. The molecule has 0 unspecified atom stereocenters. The molecule has 4 heterocycles. The van der Waals surface area contributed by atoms with Gasteiger partial charge in [-0.2, -0.15) is 0 Å². The Labute approximate surface area is 163 Å². The van der Waals surface area contributed by atoms with Gasteiger partial charge < -0.3 is 14.1 Å². The third kappa shape index (κ3) is 3.74. The number of aryl methyl sites for hydroxylation is 3. The Bertz CT molecular complexity index is 985. The van der Waals surface area contributed by atoms with E-state index < -0.39 is 0 Å². The van der Waals surface area contributed by atoms with E-state index in [4.69, 9.17) is 9.15 Å². The summed E-state index contributed by atoms with van der Waals surface area (Å²) in [5, 5.41) is 0. The molecule has 0 bridgehead atoms. The molecule has 0 radical (unpaired) electrons. The summed E-state index contributed by atoms with van der Waals surface area (Å²) in [4.78, 5) is 27.8. The fourth-order valence-corrected chi connectivity index (χ4v) is 3.38. The first kappa shape index (κ1) is 18.2. The van der Waals surface area contributed by atoms with E-state index >= 15 is 0 Å². The van der Waals surface area contributed by atoms with E-state index in [1.165, 1.54) is 0 Å². The van der Waals surface area contributed by atoms with Gasteiger partial charge in [0.1, 0.15) is 17.2 Å². The number of hydrogen-bond donors (Lipinski definition) is 0. The number of nitrogens with zero attached hydrogens (tertiary/aromatic N) is 4. The molecule has 7 nitrogen and oxygen atoms in total. The Balaban J connectivity index is 1.47. The lowest BCUT2D eigenvalue weighted by Crippen LogP contribution is -2.36. The molecule has 28 heavy (non-hydrogen) atoms. The first-order chi connectivity index (χ1) is 13.6. The molecule has 3 aromatic heterocycles. The van der Waals surface area contributed by atoms with Gasteiger partial charge in [0.05, 0.1) is 25.4 Å². The Kier molecular flexibility index (Phi) is 5.06. The molecule has 3 aromatic rings. The summed E-state index contributed by atoms with van der Waals surface area (Å²) in [7, 11) is 1.55. The first-order valence-corrected chi connectivity index (χ1v) is 9.30. The van der Waals surface area contributed by atoms with E-state index in [0.717, 1.165) is 29.1 Å². The van der Waals surface area contributed by atoms with Crippen molar-refractivity contribution in [2.45, 2.75) is 32.7 Å². The minimum atomic E-state index is -0.0760. The zero-order valence-corrected chi connectivity index (χ0v) is 16.0. The molecule has 0 N–H and O–H groups in total. The highest BCUT2D eigenvalue weighted by Gasteiger charge is 2.27. The van der Waals surface area contributed by atoms with Crippen molar-refractivity contribution in [3.63, 3.8) is 0 Å². The molecule has 1 aliphatic rings. The molecule has 0 saturated carbocycles. The normalized spacial score (nSPS) is 13.3. The van der Waals surface area contributed by atoms with Gasteiger partial charge in [0.2, 0.25) is 0 Å². The van der Waals surface area contributed by atoms with Crippen LogP contribution in [0.4, 0.5) is 0 Å². The minimum Gasteiger partial charge on any atom is -0.494 e. The maximum atomic E-state index is 13.0. The van der Waals surface area contributed by atoms with Gasteiger partial charge in [-0.3, -0.25) is 14.8 Å². The van der Waals surface area contributed by atoms with Gasteiger partial charge >= 0.3 is 0 Å². The molecule has 0 aromatic carbocycles. The van der Waals surface area contributed by atoms with Crippen LogP contribution in [0.5, 0.6) is 5.75 Å². The number of pyridine rings is 2. The Morgan fingerprint density at radius 1 is 1.32 bits per heavy atom. The lowest BCUT2D eigenvalue weighted by Gasteiger charge is -2.26. The quantitative estimate of drug-likeness (QED) is 0.679. The molecule has 7 heteroatoms. The number of carbonyl (C=O) groups is 1. The third-order valence-corrected chi connectivity index (χ3v) is 4.86. The number of ether oxygens (including phenoxy) is 1. The van der Waals surface area contributed by atoms with Gasteiger partial charge in [-0.15, -0.1) is 0 Å². The van der Waals surface area contributed by atoms with Crippen molar-refractivity contribution < 1.29 is 13.9 Å². The van der Waals surface area contributed by atoms with E-state index in [-0.39, 0.29) is 5.91 Å². The van der Waals surface area contributed by atoms with Crippen molar-refractivity contribution >= 4 is 5.91 Å². The maximum absolute atomic E-state index is 13.0. The van der Waals surface area contributed by atoms with Crippen LogP contribution in [-0.4, -0.2) is 39.4 Å². The molecule has 1 aliphatic heterocycles. The lowest BCUT2D eigenvalue weighted by molar-refractivity contribution is 0.0724. The standard InChI is InChI=1S/C21H22N4O3/c1-14-10-16(19(27-2)12-23-14)21(26)25-9-7-18-17(13-25)24-20(28-18)6-5-15-4-3-8-22-11-15/h3-4,8,10-12H,5-7,9,13H2,1-2H3. The maximum Gasteiger partial charge on any atom is 0.258 e. The van der Waals surface area contributed by atoms with Crippen molar-refractivity contribution in [2.75, 3.05) is 13.7 Å². The third-order valence-electron chi connectivity index (χ3n) is 4.86. The fraction of sp³-hybridized carbons (Fsp3) is 0.333. The van der Waals surface area contributed by atoms with Gasteiger partial charge in [0, 0.05) is 37.5 Å². The van der Waals surface area contributed by atoms with Crippen LogP contribution in [0, 0.1) is 6.92 Å². The number of hydrogen-bond acceptors (Lipinski definition) is 6. The molecular weight excluding hydrogens is 356 g/mol. The largest absolute Gasteiger partial charge is 0.494 e. The van der Waals surface area contributed by atoms with Gasteiger partial charge in [0.25, 0.3) is 5.91 Å². The smallest absolute Gasteiger partial charge is 0.258 e. The summed E-state index contributed by atoms with van der Waals surface area (Å²) < 4.78 is 11.2. The summed E-state index contributed by atoms with van der Waals surface area (Å²) in [6, 6.07) is 5.73. The molecule has 0 aliphatic carbocycles. The second-order valence-corrected chi connectivity index (χ2v) is 6.84. The fourth-order valence-electron chi connectivity index (χ4n) is 3.38. The topological polar surface area (TPSA) is 81.4 Å². The highest BCUT2D eigenvalue weighted by atomic mass is 16.5. The first-order valence-electron chi connectivity index (χ1n) is 9.30. The van der Waals surface area contributed by atoms with E-state index in [2.05, 4.69) is 15.0 Å². The number of methoxy groups -OCH3 is 1. The van der Waals surface area contributed by atoms with Gasteiger partial charge in [-0.1, -0.05) is 6.07 Å². The summed E-state index contributed by atoms with van der Waals surface area (Å²) in [5.41, 5.74) is 3.29. The van der Waals surface area contributed by atoms with Crippen molar-refractivity contribution in [2.24, 2.45) is 0 Å². The summed E-state index contributed by atoms with van der Waals surface area (Å²) in [6.45, 7) is 2.89. The number of rotatable bonds is 5. The zero-order valence-electron chi connectivity index (χ0n) is 16.0. The minimum absolute atomic E-state index is 0.0760. The number of amides is 1. The number of fused-ring (bicyclic) bond motifs is 1. The highest BCUT2D eigenvalue weighted by molar-refractivity contribution is 5.97. The predicted molar refractivity (Wildman–Crippen MR) is 102 cm³/mol. The van der Waals surface area contributed by atoms with Crippen LogP contribution in [0.3, 0.4) is 0 Å². The molecular formula is C21H22N4O3. The van der Waals surface area contributed by atoms with Crippen LogP contribution in [-0.2, 0) is 25.8 Å². The van der Waals surface area contributed by atoms with Gasteiger partial charge in [-0.05, 0) is 31.0 Å². The lowest BCUT2D eigenvalue weighted by atomic mass is 10.1. The predicted octanol–water partition coefficient (Wildman–Crippen LogP) is 2.77. The molecule has 144 valence electrons. The Morgan fingerprint density at radius 2 is 2.21 bits per heavy atom. The Hall–Kier alpha value is -3.22. The molecule has 0 fully saturated rings. The van der Waals surface area contributed by atoms with Gasteiger partial charge in [-0.25, -0.2) is 4.98 Å². The van der Waals surface area contributed by atoms with E-state index in [1.54, 1.807) is 30.5 Å². The average molecular weight is 378 g/mol. The average Bonchev–Trinajstić information content (AvgIpc) is 3.14. The zero-order chi connectivity index (χ0) is 19.5. The second kappa shape index (κ2) is 7.80. The second-order valence-electron chi connectivity index (χ2n) is 6.84. The molecule has 0 atom stereocenters. The van der Waals surface area contributed by atoms with Crippen LogP contribution < -0.4 is 4.74 Å². The van der Waals surface area contributed by atoms with Crippen molar-refractivity contribution in [3.8, 4) is 5.75 Å². The van der Waals surface area contributed by atoms with Crippen LogP contribution in [0.1, 0.15) is 39.0 Å². The van der Waals surface area contributed by atoms with Crippen LogP contribution in [0.2, 0.25) is 0 Å². The summed E-state index contributed by atoms with van der Waals surface area (Å²) in [5.74, 6) is 2.00. The molecule has 0 saturated heterocycles. The van der Waals surface area contributed by atoms with Crippen molar-refractivity contribution in [3.05, 3.63) is 71.0 Å². The van der Waals surface area contributed by atoms with Crippen LogP contribution in [0.25, 0.3) is 0 Å². The van der Waals surface area contributed by atoms with Crippen molar-refractivity contribution in [1.29, 1.82) is 0 Å². The van der Waals surface area contributed by atoms with Crippen molar-refractivity contribution in [1.82, 2.24) is 19.9 Å². The summed E-state index contributed by atoms with van der Waals surface area (Å²) >= 11 is 0. The van der Waals surface area contributed by atoms with E-state index in [9.17, 15) is 4.79 Å². The van der Waals surface area contributed by atoms with Crippen LogP contribution in [0.15, 0.2) is 41.2 Å². The van der Waals surface area contributed by atoms with Crippen LogP contribution >= 0.6 is 0 Å². The van der Waals surface area contributed by atoms with Gasteiger partial charge in [0.15, 0.2) is 5.89 Å². The number of oxazole rings is 1. The molecule has 1 amide bonds. The molecule has 0 spiro atoms. The number of aromatic nitrogens is 3. The molecule has 4 rings (SSSR count). The SMILES string of the molecule is COc1cnc(C)cc1C(=O)N1CCc2oc(CCc3cccnc3)nc2C1. The highest BCUT2D eigenvalue weighted by Crippen LogP contribution is 2.25. The Morgan fingerprint density at radius 3 is 3.00 bits per heavy atom. The van der Waals surface area contributed by atoms with E-state index in [0.29, 0.717) is 43.1 Å². The monoisotopic (exact) mass is 378 g/mol.